The lowest BCUT2D eigenvalue weighted by molar-refractivity contribution is -0.140. The molecule has 1 amide bonds. The van der Waals surface area contributed by atoms with Gasteiger partial charge in [-0.05, 0) is 12.1 Å². The first kappa shape index (κ1) is 12.9. The van der Waals surface area contributed by atoms with E-state index in [2.05, 4.69) is 9.88 Å². The molecule has 104 valence electrons. The van der Waals surface area contributed by atoms with E-state index in [1.54, 1.807) is 12.3 Å². The van der Waals surface area contributed by atoms with E-state index in [9.17, 15) is 4.79 Å². The average molecular weight is 272 g/mol. The highest BCUT2D eigenvalue weighted by atomic mass is 16.5. The summed E-state index contributed by atoms with van der Waals surface area (Å²) in [6, 6.07) is 5.62. The average Bonchev–Trinajstić information content (AvgIpc) is 2.47. The zero-order chi connectivity index (χ0) is 13.9. The standard InChI is InChI=1S/C14H16N4O2/c15-7-11-1-2-13(16-8-11)18-9-12(10-18)14(19)17-3-5-20-6-4-17/h1-2,8,12H,3-6,9-10H2. The summed E-state index contributed by atoms with van der Waals surface area (Å²) in [5.41, 5.74) is 0.551. The van der Waals surface area contributed by atoms with Crippen molar-refractivity contribution in [3.8, 4) is 6.07 Å². The van der Waals surface area contributed by atoms with E-state index in [0.29, 0.717) is 45.0 Å². The van der Waals surface area contributed by atoms with E-state index in [0.717, 1.165) is 5.82 Å². The SMILES string of the molecule is N#Cc1ccc(N2CC(C(=O)N3CCOCC3)C2)nc1. The van der Waals surface area contributed by atoms with Gasteiger partial charge in [0.2, 0.25) is 5.91 Å². The van der Waals surface area contributed by atoms with Crippen LogP contribution in [0.25, 0.3) is 0 Å². The lowest BCUT2D eigenvalue weighted by Gasteiger charge is -2.42. The molecule has 1 aromatic rings. The molecule has 3 heterocycles. The Morgan fingerprint density at radius 1 is 1.35 bits per heavy atom. The number of hydrogen-bond acceptors (Lipinski definition) is 5. The van der Waals surface area contributed by atoms with Crippen LogP contribution in [0.1, 0.15) is 5.56 Å². The number of nitrogens with zero attached hydrogens (tertiary/aromatic N) is 4. The van der Waals surface area contributed by atoms with Gasteiger partial charge >= 0.3 is 0 Å². The van der Waals surface area contributed by atoms with Gasteiger partial charge in [-0.15, -0.1) is 0 Å². The van der Waals surface area contributed by atoms with E-state index < -0.39 is 0 Å². The number of carbonyl (C=O) groups excluding carboxylic acids is 1. The van der Waals surface area contributed by atoms with Gasteiger partial charge in [-0.25, -0.2) is 4.98 Å². The fourth-order valence-corrected chi connectivity index (χ4v) is 2.50. The molecule has 0 aromatic carbocycles. The van der Waals surface area contributed by atoms with Gasteiger partial charge < -0.3 is 14.5 Å². The van der Waals surface area contributed by atoms with Crippen molar-refractivity contribution in [2.45, 2.75) is 0 Å². The number of anilines is 1. The van der Waals surface area contributed by atoms with Crippen LogP contribution in [0.2, 0.25) is 0 Å². The Hall–Kier alpha value is -2.13. The topological polar surface area (TPSA) is 69.5 Å². The number of pyridine rings is 1. The molecule has 3 rings (SSSR count). The molecule has 0 spiro atoms. The molecule has 0 N–H and O–H groups in total. The predicted octanol–water partition coefficient (Wildman–Crippen LogP) is 0.248. The van der Waals surface area contributed by atoms with Crippen molar-refractivity contribution in [3.63, 3.8) is 0 Å². The lowest BCUT2D eigenvalue weighted by atomic mass is 9.98. The minimum Gasteiger partial charge on any atom is -0.378 e. The summed E-state index contributed by atoms with van der Waals surface area (Å²) in [6.45, 7) is 4.08. The molecule has 2 fully saturated rings. The van der Waals surface area contributed by atoms with Crippen molar-refractivity contribution in [3.05, 3.63) is 23.9 Å². The Morgan fingerprint density at radius 3 is 2.70 bits per heavy atom. The Morgan fingerprint density at radius 2 is 2.10 bits per heavy atom. The number of hydrogen-bond donors (Lipinski definition) is 0. The molecule has 2 saturated heterocycles. The van der Waals surface area contributed by atoms with Crippen molar-refractivity contribution >= 4 is 11.7 Å². The minimum atomic E-state index is 0.0607. The summed E-state index contributed by atoms with van der Waals surface area (Å²) in [7, 11) is 0. The zero-order valence-electron chi connectivity index (χ0n) is 11.2. The Balaban J connectivity index is 1.55. The van der Waals surface area contributed by atoms with Gasteiger partial charge in [0.05, 0.1) is 24.7 Å². The van der Waals surface area contributed by atoms with Crippen molar-refractivity contribution in [1.29, 1.82) is 5.26 Å². The van der Waals surface area contributed by atoms with E-state index in [-0.39, 0.29) is 11.8 Å². The fourth-order valence-electron chi connectivity index (χ4n) is 2.50. The molecule has 0 aliphatic carbocycles. The summed E-state index contributed by atoms with van der Waals surface area (Å²) >= 11 is 0. The van der Waals surface area contributed by atoms with Crippen LogP contribution in [-0.4, -0.2) is 55.2 Å². The number of aromatic nitrogens is 1. The van der Waals surface area contributed by atoms with Gasteiger partial charge in [0.1, 0.15) is 11.9 Å². The van der Waals surface area contributed by atoms with Crippen LogP contribution in [0.4, 0.5) is 5.82 Å². The van der Waals surface area contributed by atoms with E-state index in [4.69, 9.17) is 10.00 Å². The third kappa shape index (κ3) is 2.45. The molecule has 6 heteroatoms. The predicted molar refractivity (Wildman–Crippen MR) is 72.1 cm³/mol. The van der Waals surface area contributed by atoms with Gasteiger partial charge in [0, 0.05) is 32.4 Å². The Bertz CT molecular complexity index is 525. The molecule has 2 aliphatic rings. The maximum Gasteiger partial charge on any atom is 0.229 e. The lowest BCUT2D eigenvalue weighted by Crippen LogP contribution is -2.56. The van der Waals surface area contributed by atoms with Crippen LogP contribution in [0, 0.1) is 17.2 Å². The molecule has 0 unspecified atom stereocenters. The molecule has 0 bridgehead atoms. The first-order valence-corrected chi connectivity index (χ1v) is 6.75. The van der Waals surface area contributed by atoms with Crippen LogP contribution >= 0.6 is 0 Å². The Labute approximate surface area is 117 Å². The van der Waals surface area contributed by atoms with Crippen LogP contribution in [0.5, 0.6) is 0 Å². The van der Waals surface area contributed by atoms with E-state index in [1.807, 2.05) is 17.0 Å². The molecule has 20 heavy (non-hydrogen) atoms. The molecular weight excluding hydrogens is 256 g/mol. The number of carbonyl (C=O) groups is 1. The van der Waals surface area contributed by atoms with Crippen LogP contribution in [0.15, 0.2) is 18.3 Å². The molecular formula is C14H16N4O2. The highest BCUT2D eigenvalue weighted by Crippen LogP contribution is 2.24. The first-order valence-electron chi connectivity index (χ1n) is 6.75. The number of amides is 1. The second-order valence-corrected chi connectivity index (χ2v) is 5.06. The smallest absolute Gasteiger partial charge is 0.229 e. The van der Waals surface area contributed by atoms with Crippen molar-refractivity contribution in [2.75, 3.05) is 44.3 Å². The van der Waals surface area contributed by atoms with Gasteiger partial charge in [0.15, 0.2) is 0 Å². The van der Waals surface area contributed by atoms with E-state index >= 15 is 0 Å². The highest BCUT2D eigenvalue weighted by molar-refractivity contribution is 5.82. The molecule has 1 aromatic heterocycles. The third-order valence-electron chi connectivity index (χ3n) is 3.75. The largest absolute Gasteiger partial charge is 0.378 e. The number of ether oxygens (including phenoxy) is 1. The van der Waals surface area contributed by atoms with Crippen LogP contribution in [-0.2, 0) is 9.53 Å². The minimum absolute atomic E-state index is 0.0607. The second-order valence-electron chi connectivity index (χ2n) is 5.06. The summed E-state index contributed by atoms with van der Waals surface area (Å²) in [6.07, 6.45) is 1.56. The number of morpholine rings is 1. The number of rotatable bonds is 2. The molecule has 0 radical (unpaired) electrons. The summed E-state index contributed by atoms with van der Waals surface area (Å²) in [5, 5.41) is 8.73. The molecule has 0 atom stereocenters. The van der Waals surface area contributed by atoms with Crippen molar-refractivity contribution in [1.82, 2.24) is 9.88 Å². The van der Waals surface area contributed by atoms with Crippen molar-refractivity contribution < 1.29 is 9.53 Å². The molecule has 2 aliphatic heterocycles. The Kier molecular flexibility index (Phi) is 3.52. The summed E-state index contributed by atoms with van der Waals surface area (Å²) < 4.78 is 5.25. The third-order valence-corrected chi connectivity index (χ3v) is 3.75. The monoisotopic (exact) mass is 272 g/mol. The molecule has 0 saturated carbocycles. The van der Waals surface area contributed by atoms with Gasteiger partial charge in [-0.2, -0.15) is 5.26 Å². The first-order chi connectivity index (χ1) is 9.78. The van der Waals surface area contributed by atoms with Crippen LogP contribution < -0.4 is 4.90 Å². The van der Waals surface area contributed by atoms with Gasteiger partial charge in [-0.3, -0.25) is 4.79 Å². The summed E-state index contributed by atoms with van der Waals surface area (Å²) in [4.78, 5) is 20.4. The highest BCUT2D eigenvalue weighted by Gasteiger charge is 2.36. The van der Waals surface area contributed by atoms with Crippen LogP contribution in [0.3, 0.4) is 0 Å². The van der Waals surface area contributed by atoms with Gasteiger partial charge in [0.25, 0.3) is 0 Å². The van der Waals surface area contributed by atoms with Gasteiger partial charge in [-0.1, -0.05) is 0 Å². The maximum absolute atomic E-state index is 12.2. The molecule has 6 nitrogen and oxygen atoms in total. The second kappa shape index (κ2) is 5.47. The number of nitriles is 1. The summed E-state index contributed by atoms with van der Waals surface area (Å²) in [5.74, 6) is 1.11. The zero-order valence-corrected chi connectivity index (χ0v) is 11.2. The van der Waals surface area contributed by atoms with Crippen molar-refractivity contribution in [2.24, 2.45) is 5.92 Å². The maximum atomic E-state index is 12.2. The van der Waals surface area contributed by atoms with E-state index in [1.165, 1.54) is 0 Å². The fraction of sp³-hybridized carbons (Fsp3) is 0.500. The normalized spacial score (nSPS) is 19.4. The quantitative estimate of drug-likeness (QED) is 0.772.